The third-order valence-electron chi connectivity index (χ3n) is 3.66. The quantitative estimate of drug-likeness (QED) is 0.571. The molecule has 0 unspecified atom stereocenters. The SMILES string of the molecule is COc1ccc(N)c(C(=O)c2c[nH]c3cccc(C)c23)c1. The second-order valence-corrected chi connectivity index (χ2v) is 4.98. The zero-order valence-corrected chi connectivity index (χ0v) is 11.9. The highest BCUT2D eigenvalue weighted by Gasteiger charge is 2.18. The minimum atomic E-state index is -0.105. The van der Waals surface area contributed by atoms with Gasteiger partial charge in [0.2, 0.25) is 0 Å². The van der Waals surface area contributed by atoms with Crippen LogP contribution in [0.2, 0.25) is 0 Å². The number of ketones is 1. The predicted octanol–water partition coefficient (Wildman–Crippen LogP) is 3.30. The van der Waals surface area contributed by atoms with Gasteiger partial charge in [0.15, 0.2) is 5.78 Å². The van der Waals surface area contributed by atoms with Gasteiger partial charge < -0.3 is 15.5 Å². The number of benzene rings is 2. The normalized spacial score (nSPS) is 10.8. The molecule has 4 nitrogen and oxygen atoms in total. The van der Waals surface area contributed by atoms with Gasteiger partial charge in [-0.25, -0.2) is 0 Å². The van der Waals surface area contributed by atoms with Gasteiger partial charge >= 0.3 is 0 Å². The molecular formula is C17H16N2O2. The fraction of sp³-hybridized carbons (Fsp3) is 0.118. The molecule has 0 radical (unpaired) electrons. The van der Waals surface area contributed by atoms with Gasteiger partial charge in [0, 0.05) is 33.9 Å². The van der Waals surface area contributed by atoms with Crippen LogP contribution in [0.4, 0.5) is 5.69 Å². The van der Waals surface area contributed by atoms with Crippen LogP contribution in [0.1, 0.15) is 21.5 Å². The number of hydrogen-bond acceptors (Lipinski definition) is 3. The molecule has 4 heteroatoms. The Kier molecular flexibility index (Phi) is 3.14. The number of methoxy groups -OCH3 is 1. The first kappa shape index (κ1) is 13.2. The van der Waals surface area contributed by atoms with E-state index in [0.717, 1.165) is 16.5 Å². The molecule has 1 aromatic heterocycles. The van der Waals surface area contributed by atoms with Crippen LogP contribution in [-0.2, 0) is 0 Å². The van der Waals surface area contributed by atoms with Gasteiger partial charge in [0.05, 0.1) is 7.11 Å². The summed E-state index contributed by atoms with van der Waals surface area (Å²) in [6.45, 7) is 1.99. The molecule has 0 amide bonds. The molecular weight excluding hydrogens is 264 g/mol. The number of carbonyl (C=O) groups excluding carboxylic acids is 1. The molecule has 0 bridgehead atoms. The van der Waals surface area contributed by atoms with Crippen molar-refractivity contribution >= 4 is 22.4 Å². The molecule has 0 fully saturated rings. The fourth-order valence-electron chi connectivity index (χ4n) is 2.55. The van der Waals surface area contributed by atoms with E-state index in [0.29, 0.717) is 22.6 Å². The summed E-state index contributed by atoms with van der Waals surface area (Å²) in [5, 5.41) is 0.935. The monoisotopic (exact) mass is 280 g/mol. The molecule has 3 N–H and O–H groups in total. The van der Waals surface area contributed by atoms with Crippen molar-refractivity contribution < 1.29 is 9.53 Å². The van der Waals surface area contributed by atoms with Crippen molar-refractivity contribution in [1.29, 1.82) is 0 Å². The first-order valence-corrected chi connectivity index (χ1v) is 6.66. The molecule has 0 aliphatic carbocycles. The molecule has 21 heavy (non-hydrogen) atoms. The van der Waals surface area contributed by atoms with Gasteiger partial charge in [-0.1, -0.05) is 12.1 Å². The average molecular weight is 280 g/mol. The van der Waals surface area contributed by atoms with E-state index in [1.165, 1.54) is 0 Å². The summed E-state index contributed by atoms with van der Waals surface area (Å²) in [4.78, 5) is 15.9. The molecule has 106 valence electrons. The highest BCUT2D eigenvalue weighted by Crippen LogP contribution is 2.28. The number of ether oxygens (including phenoxy) is 1. The summed E-state index contributed by atoms with van der Waals surface area (Å²) in [7, 11) is 1.57. The number of rotatable bonds is 3. The molecule has 1 heterocycles. The number of nitrogen functional groups attached to an aromatic ring is 1. The number of carbonyl (C=O) groups is 1. The minimum Gasteiger partial charge on any atom is -0.497 e. The number of H-pyrrole nitrogens is 1. The maximum absolute atomic E-state index is 12.8. The Bertz CT molecular complexity index is 834. The Morgan fingerprint density at radius 2 is 2.00 bits per heavy atom. The molecule has 0 saturated heterocycles. The average Bonchev–Trinajstić information content (AvgIpc) is 2.92. The fourth-order valence-corrected chi connectivity index (χ4v) is 2.55. The lowest BCUT2D eigenvalue weighted by Crippen LogP contribution is -2.05. The molecule has 0 spiro atoms. The predicted molar refractivity (Wildman–Crippen MR) is 83.9 cm³/mol. The molecule has 3 rings (SSSR count). The lowest BCUT2D eigenvalue weighted by atomic mass is 9.99. The van der Waals surface area contributed by atoms with Gasteiger partial charge in [0.25, 0.3) is 0 Å². The number of aryl methyl sites for hydroxylation is 1. The van der Waals surface area contributed by atoms with Crippen LogP contribution in [0, 0.1) is 6.92 Å². The van der Waals surface area contributed by atoms with Crippen molar-refractivity contribution in [3.05, 3.63) is 59.3 Å². The van der Waals surface area contributed by atoms with Crippen LogP contribution >= 0.6 is 0 Å². The van der Waals surface area contributed by atoms with Crippen LogP contribution in [-0.4, -0.2) is 17.9 Å². The molecule has 3 aromatic rings. The number of fused-ring (bicyclic) bond motifs is 1. The van der Waals surface area contributed by atoms with Crippen molar-refractivity contribution in [3.8, 4) is 5.75 Å². The summed E-state index contributed by atoms with van der Waals surface area (Å²) in [6, 6.07) is 11.0. The van der Waals surface area contributed by atoms with E-state index < -0.39 is 0 Å². The van der Waals surface area contributed by atoms with Crippen molar-refractivity contribution in [2.75, 3.05) is 12.8 Å². The van der Waals surface area contributed by atoms with E-state index in [-0.39, 0.29) is 5.78 Å². The lowest BCUT2D eigenvalue weighted by molar-refractivity contribution is 0.104. The topological polar surface area (TPSA) is 68.1 Å². The van der Waals surface area contributed by atoms with Crippen LogP contribution in [0.15, 0.2) is 42.6 Å². The van der Waals surface area contributed by atoms with E-state index in [9.17, 15) is 4.79 Å². The van der Waals surface area contributed by atoms with Crippen molar-refractivity contribution in [2.24, 2.45) is 0 Å². The maximum atomic E-state index is 12.8. The number of hydrogen-bond donors (Lipinski definition) is 2. The largest absolute Gasteiger partial charge is 0.497 e. The number of nitrogens with one attached hydrogen (secondary N) is 1. The second kappa shape index (κ2) is 4.98. The molecule has 0 atom stereocenters. The maximum Gasteiger partial charge on any atom is 0.197 e. The number of nitrogens with two attached hydrogens (primary N) is 1. The molecule has 0 aliphatic heterocycles. The molecule has 0 saturated carbocycles. The Morgan fingerprint density at radius 1 is 1.19 bits per heavy atom. The van der Waals surface area contributed by atoms with Gasteiger partial charge in [0.1, 0.15) is 5.75 Å². The van der Waals surface area contributed by atoms with Gasteiger partial charge in [-0.3, -0.25) is 4.79 Å². The smallest absolute Gasteiger partial charge is 0.197 e. The summed E-state index contributed by atoms with van der Waals surface area (Å²) in [5.41, 5.74) is 9.48. The highest BCUT2D eigenvalue weighted by molar-refractivity contribution is 6.19. The van der Waals surface area contributed by atoms with Crippen LogP contribution < -0.4 is 10.5 Å². The Labute approximate surface area is 122 Å². The lowest BCUT2D eigenvalue weighted by Gasteiger charge is -2.07. The minimum absolute atomic E-state index is 0.105. The Balaban J connectivity index is 2.17. The first-order chi connectivity index (χ1) is 10.1. The zero-order chi connectivity index (χ0) is 15.0. The Morgan fingerprint density at radius 3 is 2.76 bits per heavy atom. The van der Waals surface area contributed by atoms with E-state index >= 15 is 0 Å². The summed E-state index contributed by atoms with van der Waals surface area (Å²) >= 11 is 0. The summed E-state index contributed by atoms with van der Waals surface area (Å²) < 4.78 is 5.17. The van der Waals surface area contributed by atoms with Crippen LogP contribution in [0.3, 0.4) is 0 Å². The standard InChI is InChI=1S/C17H16N2O2/c1-10-4-3-5-15-16(10)13(9-19-15)17(20)12-8-11(21-2)6-7-14(12)18/h3-9,19H,18H2,1-2H3. The third-order valence-corrected chi connectivity index (χ3v) is 3.66. The van der Waals surface area contributed by atoms with Gasteiger partial charge in [-0.2, -0.15) is 0 Å². The molecule has 0 aliphatic rings. The molecule has 2 aromatic carbocycles. The van der Waals surface area contributed by atoms with Crippen LogP contribution in [0.25, 0.3) is 10.9 Å². The third kappa shape index (κ3) is 2.14. The summed E-state index contributed by atoms with van der Waals surface area (Å²) in [6.07, 6.45) is 1.74. The zero-order valence-electron chi connectivity index (χ0n) is 11.9. The van der Waals surface area contributed by atoms with E-state index in [2.05, 4.69) is 4.98 Å². The number of aromatic nitrogens is 1. The van der Waals surface area contributed by atoms with Gasteiger partial charge in [-0.15, -0.1) is 0 Å². The highest BCUT2D eigenvalue weighted by atomic mass is 16.5. The number of aromatic amines is 1. The van der Waals surface area contributed by atoms with E-state index in [4.69, 9.17) is 10.5 Å². The number of anilines is 1. The van der Waals surface area contributed by atoms with Crippen molar-refractivity contribution in [2.45, 2.75) is 6.92 Å². The van der Waals surface area contributed by atoms with E-state index in [1.54, 1.807) is 31.5 Å². The summed E-state index contributed by atoms with van der Waals surface area (Å²) in [5.74, 6) is 0.510. The van der Waals surface area contributed by atoms with Crippen molar-refractivity contribution in [3.63, 3.8) is 0 Å². The Hall–Kier alpha value is -2.75. The van der Waals surface area contributed by atoms with Crippen molar-refractivity contribution in [1.82, 2.24) is 4.98 Å². The van der Waals surface area contributed by atoms with E-state index in [1.807, 2.05) is 25.1 Å². The second-order valence-electron chi connectivity index (χ2n) is 4.98. The van der Waals surface area contributed by atoms with Crippen LogP contribution in [0.5, 0.6) is 5.75 Å². The van der Waals surface area contributed by atoms with Gasteiger partial charge in [-0.05, 0) is 36.8 Å². The first-order valence-electron chi connectivity index (χ1n) is 6.66.